The number of halogens is 2. The third kappa shape index (κ3) is 2.99. The highest BCUT2D eigenvalue weighted by Crippen LogP contribution is 2.34. The van der Waals surface area contributed by atoms with Crippen LogP contribution in [-0.4, -0.2) is 7.05 Å². The van der Waals surface area contributed by atoms with E-state index in [1.807, 2.05) is 7.05 Å². The van der Waals surface area contributed by atoms with Gasteiger partial charge in [0.05, 0.1) is 6.04 Å². The van der Waals surface area contributed by atoms with Crippen LogP contribution in [0.15, 0.2) is 38.6 Å². The molecule has 1 nitrogen and oxygen atoms in total. The van der Waals surface area contributed by atoms with Crippen LogP contribution < -0.4 is 5.32 Å². The number of nitrogens with one attached hydrogen (secondary N) is 1. The third-order valence-corrected chi connectivity index (χ3v) is 4.99. The molecule has 1 aromatic carbocycles. The molecule has 0 fully saturated rings. The number of hydrogen-bond acceptors (Lipinski definition) is 2. The molecule has 90 valence electrons. The van der Waals surface area contributed by atoms with Crippen LogP contribution in [0.2, 0.25) is 0 Å². The summed E-state index contributed by atoms with van der Waals surface area (Å²) < 4.78 is 2.29. The summed E-state index contributed by atoms with van der Waals surface area (Å²) in [7, 11) is 1.99. The highest BCUT2D eigenvalue weighted by Gasteiger charge is 2.16. The second-order valence-corrected chi connectivity index (χ2v) is 6.63. The lowest BCUT2D eigenvalue weighted by molar-refractivity contribution is 0.700. The minimum absolute atomic E-state index is 0.237. The Morgan fingerprint density at radius 2 is 2.00 bits per heavy atom. The predicted molar refractivity (Wildman–Crippen MR) is 81.8 cm³/mol. The summed E-state index contributed by atoms with van der Waals surface area (Å²) in [6.07, 6.45) is 0. The molecule has 1 N–H and O–H groups in total. The van der Waals surface area contributed by atoms with Gasteiger partial charge in [-0.3, -0.25) is 0 Å². The molecule has 0 aliphatic heterocycles. The number of rotatable bonds is 3. The fourth-order valence-electron chi connectivity index (χ4n) is 1.89. The van der Waals surface area contributed by atoms with Crippen molar-refractivity contribution in [3.63, 3.8) is 0 Å². The first-order valence-electron chi connectivity index (χ1n) is 5.29. The van der Waals surface area contributed by atoms with E-state index in [0.717, 1.165) is 4.47 Å². The molecule has 1 unspecified atom stereocenters. The quantitative estimate of drug-likeness (QED) is 0.806. The Labute approximate surface area is 123 Å². The van der Waals surface area contributed by atoms with Gasteiger partial charge in [-0.05, 0) is 64.6 Å². The van der Waals surface area contributed by atoms with E-state index in [1.165, 1.54) is 20.5 Å². The zero-order valence-electron chi connectivity index (χ0n) is 9.63. The van der Waals surface area contributed by atoms with Crippen LogP contribution in [0, 0.1) is 6.92 Å². The Bertz CT molecular complexity index is 502. The molecule has 0 bridgehead atoms. The van der Waals surface area contributed by atoms with Gasteiger partial charge in [0, 0.05) is 13.8 Å². The highest BCUT2D eigenvalue weighted by molar-refractivity contribution is 9.10. The Morgan fingerprint density at radius 1 is 1.24 bits per heavy atom. The average molecular weight is 375 g/mol. The maximum atomic E-state index is 3.60. The molecule has 0 saturated carbocycles. The molecule has 1 heterocycles. The molecule has 2 aromatic rings. The molecule has 1 aromatic heterocycles. The van der Waals surface area contributed by atoms with Crippen LogP contribution in [0.5, 0.6) is 0 Å². The maximum Gasteiger partial charge on any atom is 0.0680 e. The summed E-state index contributed by atoms with van der Waals surface area (Å²) in [5.41, 5.74) is 2.55. The van der Waals surface area contributed by atoms with Gasteiger partial charge in [0.1, 0.15) is 0 Å². The van der Waals surface area contributed by atoms with Crippen molar-refractivity contribution in [1.29, 1.82) is 0 Å². The average Bonchev–Trinajstić information content (AvgIpc) is 2.65. The zero-order chi connectivity index (χ0) is 12.4. The van der Waals surface area contributed by atoms with Gasteiger partial charge >= 0.3 is 0 Å². The largest absolute Gasteiger partial charge is 0.309 e. The van der Waals surface area contributed by atoms with Gasteiger partial charge in [0.15, 0.2) is 0 Å². The van der Waals surface area contributed by atoms with Crippen molar-refractivity contribution < 1.29 is 0 Å². The van der Waals surface area contributed by atoms with Crippen LogP contribution in [-0.2, 0) is 0 Å². The summed E-state index contributed by atoms with van der Waals surface area (Å²) in [6.45, 7) is 2.12. The van der Waals surface area contributed by atoms with Crippen molar-refractivity contribution in [2.24, 2.45) is 0 Å². The Kier molecular flexibility index (Phi) is 4.42. The molecule has 0 spiro atoms. The summed E-state index contributed by atoms with van der Waals surface area (Å²) in [5, 5.41) is 5.48. The zero-order valence-corrected chi connectivity index (χ0v) is 13.6. The van der Waals surface area contributed by atoms with Crippen LogP contribution in [0.1, 0.15) is 22.0 Å². The topological polar surface area (TPSA) is 12.0 Å². The molecule has 4 heteroatoms. The SMILES string of the molecule is CNC(c1cc(C)cc(Br)c1)c1sccc1Br. The molecule has 0 saturated heterocycles. The van der Waals surface area contributed by atoms with Crippen molar-refractivity contribution in [2.45, 2.75) is 13.0 Å². The summed E-state index contributed by atoms with van der Waals surface area (Å²) in [6, 6.07) is 8.84. The third-order valence-electron chi connectivity index (χ3n) is 2.59. The van der Waals surface area contributed by atoms with Gasteiger partial charge in [-0.25, -0.2) is 0 Å². The van der Waals surface area contributed by atoms with Gasteiger partial charge in [-0.15, -0.1) is 11.3 Å². The molecule has 17 heavy (non-hydrogen) atoms. The van der Waals surface area contributed by atoms with E-state index >= 15 is 0 Å². The number of thiophene rings is 1. The van der Waals surface area contributed by atoms with Gasteiger partial charge in [0.25, 0.3) is 0 Å². The van der Waals surface area contributed by atoms with E-state index < -0.39 is 0 Å². The van der Waals surface area contributed by atoms with Gasteiger partial charge in [-0.1, -0.05) is 22.0 Å². The van der Waals surface area contributed by atoms with E-state index in [2.05, 4.69) is 73.7 Å². The van der Waals surface area contributed by atoms with Crippen LogP contribution >= 0.6 is 43.2 Å². The van der Waals surface area contributed by atoms with Crippen LogP contribution in [0.25, 0.3) is 0 Å². The molecule has 0 amide bonds. The van der Waals surface area contributed by atoms with Gasteiger partial charge in [0.2, 0.25) is 0 Å². The van der Waals surface area contributed by atoms with Crippen LogP contribution in [0.3, 0.4) is 0 Å². The molecule has 2 rings (SSSR count). The lowest BCUT2D eigenvalue weighted by atomic mass is 10.0. The normalized spacial score (nSPS) is 12.7. The molecule has 1 atom stereocenters. The lowest BCUT2D eigenvalue weighted by Gasteiger charge is -2.17. The summed E-state index contributed by atoms with van der Waals surface area (Å²) in [5.74, 6) is 0. The Hall–Kier alpha value is -0.160. The molecule has 0 aliphatic rings. The standard InChI is InChI=1S/C13H13Br2NS/c1-8-5-9(7-10(14)6-8)12(16-2)13-11(15)3-4-17-13/h3-7,12,16H,1-2H3. The number of benzene rings is 1. The minimum Gasteiger partial charge on any atom is -0.309 e. The first kappa shape index (κ1) is 13.3. The number of hydrogen-bond donors (Lipinski definition) is 1. The summed E-state index contributed by atoms with van der Waals surface area (Å²) >= 11 is 8.92. The van der Waals surface area contributed by atoms with E-state index in [0.29, 0.717) is 0 Å². The predicted octanol–water partition coefficient (Wildman–Crippen LogP) is 4.89. The monoisotopic (exact) mass is 373 g/mol. The number of aryl methyl sites for hydroxylation is 1. The lowest BCUT2D eigenvalue weighted by Crippen LogP contribution is -2.17. The van der Waals surface area contributed by atoms with E-state index in [9.17, 15) is 0 Å². The fourth-order valence-corrected chi connectivity index (χ4v) is 4.26. The first-order valence-corrected chi connectivity index (χ1v) is 7.75. The fraction of sp³-hybridized carbons (Fsp3) is 0.231. The highest BCUT2D eigenvalue weighted by atomic mass is 79.9. The van der Waals surface area contributed by atoms with Crippen molar-refractivity contribution in [3.05, 3.63) is 54.6 Å². The molecule has 0 radical (unpaired) electrons. The maximum absolute atomic E-state index is 3.60. The van der Waals surface area contributed by atoms with E-state index in [-0.39, 0.29) is 6.04 Å². The molecular weight excluding hydrogens is 362 g/mol. The van der Waals surface area contributed by atoms with Crippen molar-refractivity contribution >= 4 is 43.2 Å². The van der Waals surface area contributed by atoms with Gasteiger partial charge in [-0.2, -0.15) is 0 Å². The van der Waals surface area contributed by atoms with E-state index in [4.69, 9.17) is 0 Å². The van der Waals surface area contributed by atoms with Crippen LogP contribution in [0.4, 0.5) is 0 Å². The van der Waals surface area contributed by atoms with Crippen molar-refractivity contribution in [2.75, 3.05) is 7.05 Å². The molecular formula is C13H13Br2NS. The van der Waals surface area contributed by atoms with Crippen molar-refractivity contribution in [3.8, 4) is 0 Å². The Morgan fingerprint density at radius 3 is 2.53 bits per heavy atom. The Balaban J connectivity index is 2.45. The first-order chi connectivity index (χ1) is 8.11. The smallest absolute Gasteiger partial charge is 0.0680 e. The summed E-state index contributed by atoms with van der Waals surface area (Å²) in [4.78, 5) is 1.31. The second-order valence-electron chi connectivity index (χ2n) is 3.92. The minimum atomic E-state index is 0.237. The second kappa shape index (κ2) is 5.65. The van der Waals surface area contributed by atoms with Gasteiger partial charge < -0.3 is 5.32 Å². The van der Waals surface area contributed by atoms with E-state index in [1.54, 1.807) is 11.3 Å². The molecule has 0 aliphatic carbocycles. The van der Waals surface area contributed by atoms with Crippen molar-refractivity contribution in [1.82, 2.24) is 5.32 Å².